The molecule has 0 aliphatic carbocycles. The van der Waals surface area contributed by atoms with E-state index in [1.807, 2.05) is 43.3 Å². The molecule has 3 heteroatoms. The first-order valence-corrected chi connectivity index (χ1v) is 11.0. The highest BCUT2D eigenvalue weighted by atomic mass is 16.5. The SMILES string of the molecule is CCCCCCCCOc1ccc(-c2ccc(C(=O)CC(=O)CCC)cc2)cc1. The Bertz CT molecular complexity index is 745. The number of ether oxygens (including phenoxy) is 1. The van der Waals surface area contributed by atoms with Gasteiger partial charge in [-0.15, -0.1) is 0 Å². The fourth-order valence-electron chi connectivity index (χ4n) is 3.31. The Labute approximate surface area is 175 Å². The van der Waals surface area contributed by atoms with Crippen molar-refractivity contribution in [3.63, 3.8) is 0 Å². The molecule has 156 valence electrons. The zero-order valence-electron chi connectivity index (χ0n) is 17.9. The van der Waals surface area contributed by atoms with Gasteiger partial charge in [-0.3, -0.25) is 9.59 Å². The Balaban J connectivity index is 1.82. The van der Waals surface area contributed by atoms with Crippen LogP contribution in [0.1, 0.15) is 82.0 Å². The van der Waals surface area contributed by atoms with Gasteiger partial charge in [0.05, 0.1) is 13.0 Å². The molecule has 0 N–H and O–H groups in total. The minimum atomic E-state index is -0.103. The van der Waals surface area contributed by atoms with Gasteiger partial charge in [0.25, 0.3) is 0 Å². The van der Waals surface area contributed by atoms with Crippen LogP contribution in [0.2, 0.25) is 0 Å². The van der Waals surface area contributed by atoms with Crippen LogP contribution >= 0.6 is 0 Å². The highest BCUT2D eigenvalue weighted by molar-refractivity contribution is 6.08. The van der Waals surface area contributed by atoms with Crippen LogP contribution in [0.25, 0.3) is 11.1 Å². The Morgan fingerprint density at radius 3 is 1.93 bits per heavy atom. The second-order valence-electron chi connectivity index (χ2n) is 7.61. The van der Waals surface area contributed by atoms with Gasteiger partial charge in [0, 0.05) is 12.0 Å². The van der Waals surface area contributed by atoms with Crippen molar-refractivity contribution in [2.45, 2.75) is 71.6 Å². The van der Waals surface area contributed by atoms with E-state index in [0.29, 0.717) is 12.0 Å². The van der Waals surface area contributed by atoms with Gasteiger partial charge in [0.15, 0.2) is 5.78 Å². The van der Waals surface area contributed by atoms with Gasteiger partial charge in [-0.25, -0.2) is 0 Å². The Hall–Kier alpha value is -2.42. The number of carbonyl (C=O) groups excluding carboxylic acids is 2. The highest BCUT2D eigenvalue weighted by Gasteiger charge is 2.11. The van der Waals surface area contributed by atoms with Crippen molar-refractivity contribution >= 4 is 11.6 Å². The third kappa shape index (κ3) is 8.23. The maximum absolute atomic E-state index is 12.2. The van der Waals surface area contributed by atoms with Crippen LogP contribution in [0.3, 0.4) is 0 Å². The van der Waals surface area contributed by atoms with Crippen molar-refractivity contribution in [1.82, 2.24) is 0 Å². The topological polar surface area (TPSA) is 43.4 Å². The zero-order chi connectivity index (χ0) is 20.9. The largest absolute Gasteiger partial charge is 0.494 e. The monoisotopic (exact) mass is 394 g/mol. The molecule has 2 aromatic carbocycles. The van der Waals surface area contributed by atoms with Crippen LogP contribution in [0.5, 0.6) is 5.75 Å². The molecule has 0 radical (unpaired) electrons. The molecule has 0 heterocycles. The minimum absolute atomic E-state index is 0.00216. The van der Waals surface area contributed by atoms with E-state index in [1.165, 1.54) is 32.1 Å². The van der Waals surface area contributed by atoms with E-state index in [4.69, 9.17) is 4.74 Å². The van der Waals surface area contributed by atoms with Gasteiger partial charge >= 0.3 is 0 Å². The average Bonchev–Trinajstić information content (AvgIpc) is 2.74. The van der Waals surface area contributed by atoms with Gasteiger partial charge in [-0.1, -0.05) is 82.3 Å². The Morgan fingerprint density at radius 1 is 0.724 bits per heavy atom. The summed E-state index contributed by atoms with van der Waals surface area (Å²) in [4.78, 5) is 23.9. The van der Waals surface area contributed by atoms with Crippen LogP contribution < -0.4 is 4.74 Å². The molecule has 0 bridgehead atoms. The standard InChI is InChI=1S/C26H34O3/c1-3-5-6-7-8-9-19-29-25-17-15-22(16-18-25)21-11-13-23(14-12-21)26(28)20-24(27)10-4-2/h11-18H,3-10,19-20H2,1-2H3. The number of ketones is 2. The van der Waals surface area contributed by atoms with Gasteiger partial charge in [0.2, 0.25) is 0 Å². The second kappa shape index (κ2) is 12.9. The van der Waals surface area contributed by atoms with Crippen molar-refractivity contribution in [3.8, 4) is 16.9 Å². The lowest BCUT2D eigenvalue weighted by molar-refractivity contribution is -0.118. The fourth-order valence-corrected chi connectivity index (χ4v) is 3.31. The summed E-state index contributed by atoms with van der Waals surface area (Å²) in [5, 5.41) is 0. The van der Waals surface area contributed by atoms with Crippen molar-refractivity contribution in [2.75, 3.05) is 6.61 Å². The number of benzene rings is 2. The molecule has 0 aliphatic heterocycles. The number of hydrogen-bond acceptors (Lipinski definition) is 3. The summed E-state index contributed by atoms with van der Waals surface area (Å²) in [5.41, 5.74) is 2.72. The third-order valence-corrected chi connectivity index (χ3v) is 5.05. The molecule has 3 nitrogen and oxygen atoms in total. The normalized spacial score (nSPS) is 10.7. The van der Waals surface area contributed by atoms with Crippen LogP contribution in [-0.4, -0.2) is 18.2 Å². The van der Waals surface area contributed by atoms with Crippen molar-refractivity contribution in [2.24, 2.45) is 0 Å². The summed E-state index contributed by atoms with van der Waals surface area (Å²) in [6, 6.07) is 15.5. The van der Waals surface area contributed by atoms with Crippen LogP contribution in [0.15, 0.2) is 48.5 Å². The molecule has 0 amide bonds. The number of Topliss-reactive ketones (excluding diaryl/α,β-unsaturated/α-hetero) is 2. The second-order valence-corrected chi connectivity index (χ2v) is 7.61. The van der Waals surface area contributed by atoms with Crippen LogP contribution in [0.4, 0.5) is 0 Å². The molecule has 0 aliphatic rings. The summed E-state index contributed by atoms with van der Waals surface area (Å²) in [5.74, 6) is 0.801. The van der Waals surface area contributed by atoms with Gasteiger partial charge in [-0.2, -0.15) is 0 Å². The van der Waals surface area contributed by atoms with Crippen LogP contribution in [0, 0.1) is 0 Å². The van der Waals surface area contributed by atoms with Crippen molar-refractivity contribution in [3.05, 3.63) is 54.1 Å². The van der Waals surface area contributed by atoms with Gasteiger partial charge < -0.3 is 4.74 Å². The van der Waals surface area contributed by atoms with Crippen molar-refractivity contribution in [1.29, 1.82) is 0 Å². The number of hydrogen-bond donors (Lipinski definition) is 0. The molecule has 2 rings (SSSR count). The molecule has 29 heavy (non-hydrogen) atoms. The predicted molar refractivity (Wildman–Crippen MR) is 120 cm³/mol. The van der Waals surface area contributed by atoms with Gasteiger partial charge in [0.1, 0.15) is 11.5 Å². The van der Waals surface area contributed by atoms with Gasteiger partial charge in [-0.05, 0) is 36.1 Å². The maximum Gasteiger partial charge on any atom is 0.170 e. The molecule has 0 aromatic heterocycles. The van der Waals surface area contributed by atoms with E-state index >= 15 is 0 Å². The molecule has 0 saturated carbocycles. The minimum Gasteiger partial charge on any atom is -0.494 e. The summed E-state index contributed by atoms with van der Waals surface area (Å²) >= 11 is 0. The van der Waals surface area contributed by atoms with Crippen LogP contribution in [-0.2, 0) is 4.79 Å². The summed E-state index contributed by atoms with van der Waals surface area (Å²) < 4.78 is 5.83. The van der Waals surface area contributed by atoms with E-state index in [2.05, 4.69) is 6.92 Å². The molecular formula is C26H34O3. The molecule has 2 aromatic rings. The average molecular weight is 395 g/mol. The number of carbonyl (C=O) groups is 2. The number of unbranched alkanes of at least 4 members (excludes halogenated alkanes) is 5. The molecule has 0 atom stereocenters. The summed E-state index contributed by atoms with van der Waals surface area (Å²) in [7, 11) is 0. The summed E-state index contributed by atoms with van der Waals surface area (Å²) in [6.45, 7) is 4.94. The van der Waals surface area contributed by atoms with E-state index < -0.39 is 0 Å². The first-order chi connectivity index (χ1) is 14.1. The quantitative estimate of drug-likeness (QED) is 0.196. The maximum atomic E-state index is 12.2. The molecular weight excluding hydrogens is 360 g/mol. The van der Waals surface area contributed by atoms with Crippen molar-refractivity contribution < 1.29 is 14.3 Å². The molecule has 0 unspecified atom stereocenters. The lowest BCUT2D eigenvalue weighted by Crippen LogP contribution is -2.07. The Kier molecular flexibility index (Phi) is 10.2. The smallest absolute Gasteiger partial charge is 0.170 e. The molecule has 0 fully saturated rings. The molecule has 0 spiro atoms. The predicted octanol–water partition coefficient (Wildman–Crippen LogP) is 7.03. The summed E-state index contributed by atoms with van der Waals surface area (Å²) in [6.07, 6.45) is 8.80. The lowest BCUT2D eigenvalue weighted by Gasteiger charge is -2.08. The lowest BCUT2D eigenvalue weighted by atomic mass is 10.00. The first kappa shape index (κ1) is 22.9. The molecule has 0 saturated heterocycles. The highest BCUT2D eigenvalue weighted by Crippen LogP contribution is 2.23. The zero-order valence-corrected chi connectivity index (χ0v) is 17.9. The van der Waals surface area contributed by atoms with E-state index in [0.717, 1.165) is 36.3 Å². The Morgan fingerprint density at radius 2 is 1.31 bits per heavy atom. The van der Waals surface area contributed by atoms with E-state index in [-0.39, 0.29) is 18.0 Å². The first-order valence-electron chi connectivity index (χ1n) is 11.0. The van der Waals surface area contributed by atoms with E-state index in [9.17, 15) is 9.59 Å². The third-order valence-electron chi connectivity index (χ3n) is 5.05. The fraction of sp³-hybridized carbons (Fsp3) is 0.462. The van der Waals surface area contributed by atoms with E-state index in [1.54, 1.807) is 12.1 Å². The number of rotatable bonds is 14.